The number of alkyl halides is 5. The number of aliphatic hydroxyl groups is 16. The van der Waals surface area contributed by atoms with Gasteiger partial charge in [0.15, 0.2) is 76.4 Å². The van der Waals surface area contributed by atoms with Crippen molar-refractivity contribution in [2.75, 3.05) is 59.7 Å². The fourth-order valence-electron chi connectivity index (χ4n) is 14.2. The number of rotatable bonds is 15. The van der Waals surface area contributed by atoms with Gasteiger partial charge in [0.1, 0.15) is 156 Å². The third-order valence-electron chi connectivity index (χ3n) is 21.2. The Kier molecular flexibility index (Phi) is 28.7. The number of hydrogen-bond acceptors (Lipinski definition) is 40. The highest BCUT2D eigenvalue weighted by Crippen LogP contribution is 2.47. The molecule has 24 N–H and O–H groups in total. The second kappa shape index (κ2) is 36.7. The molecule has 0 saturated carbocycles. The number of carbonyl (C=O) groups excluding carboxylic acids is 2. The maximum atomic E-state index is 14.6. The molecule has 0 unspecified atom stereocenters. The zero-order chi connectivity index (χ0) is 91.7. The quantitative estimate of drug-likeness (QED) is 0.0227. The van der Waals surface area contributed by atoms with E-state index in [2.05, 4.69) is 82.8 Å². The number of aromatic nitrogens is 8. The van der Waals surface area contributed by atoms with Crippen molar-refractivity contribution in [1.29, 1.82) is 10.5 Å². The Balaban J connectivity index is 0.000000168. The number of fused-ring (bicyclic) bond motifs is 2. The van der Waals surface area contributed by atoms with Gasteiger partial charge in [-0.25, -0.2) is 47.5 Å². The number of amidine groups is 2. The zero-order valence-corrected chi connectivity index (χ0v) is 66.5. The molecule has 0 spiro atoms. The largest absolute Gasteiger partial charge is 0.394 e. The summed E-state index contributed by atoms with van der Waals surface area (Å²) in [6, 6.07) is 2.97. The van der Waals surface area contributed by atoms with Crippen molar-refractivity contribution in [2.45, 2.75) is 177 Å². The molecule has 4 aromatic heterocycles. The second-order valence-electron chi connectivity index (χ2n) is 29.6. The fraction of sp³-hybridized carbons (Fsp3) is 0.528. The number of nitrogens with one attached hydrogen (secondary N) is 4. The first-order chi connectivity index (χ1) is 57.6. The highest BCUT2D eigenvalue weighted by atomic mass is 35.5. The molecule has 51 heteroatoms. The minimum absolute atomic E-state index is 0.0269. The van der Waals surface area contributed by atoms with E-state index in [-0.39, 0.29) is 69.7 Å². The first-order valence-electron chi connectivity index (χ1n) is 36.4. The highest BCUT2D eigenvalue weighted by Gasteiger charge is 2.69. The number of terminal acetylenes is 1. The van der Waals surface area contributed by atoms with Crippen molar-refractivity contribution in [1.82, 2.24) is 69.3 Å². The van der Waals surface area contributed by atoms with Crippen LogP contribution < -0.4 is 33.2 Å². The molecule has 123 heavy (non-hydrogen) atoms. The molecule has 2 amide bonds. The molecule has 4 aromatic rings. The van der Waals surface area contributed by atoms with Gasteiger partial charge in [0.05, 0.1) is 46.0 Å². The number of halogens is 5. The number of imidazole rings is 2. The molecule has 0 aromatic carbocycles. The monoisotopic (exact) mass is 1760 g/mol. The molecule has 6 fully saturated rings. The van der Waals surface area contributed by atoms with Crippen molar-refractivity contribution < 1.29 is 137 Å². The van der Waals surface area contributed by atoms with Crippen molar-refractivity contribution >= 4 is 57.4 Å². The molecule has 24 atom stereocenters. The first-order valence-corrected chi connectivity index (χ1v) is 36.8. The summed E-state index contributed by atoms with van der Waals surface area (Å²) in [7, 11) is 0. The molecule has 46 nitrogen and oxygen atoms in total. The summed E-state index contributed by atoms with van der Waals surface area (Å²) in [4.78, 5) is 78.7. The number of aliphatic imine (C=N–C) groups is 2. The predicted molar refractivity (Wildman–Crippen MR) is 411 cm³/mol. The van der Waals surface area contributed by atoms with Crippen LogP contribution in [0.1, 0.15) is 38.6 Å². The van der Waals surface area contributed by atoms with Gasteiger partial charge in [-0.05, 0) is 52.7 Å². The molecule has 0 radical (unpaired) electrons. The predicted octanol–water partition coefficient (Wildman–Crippen LogP) is -8.08. The van der Waals surface area contributed by atoms with Gasteiger partial charge in [-0.15, -0.1) is 18.0 Å². The number of nitrogens with zero attached hydrogens (tertiary/aromatic N) is 14. The molecular weight excluding hydrogens is 1670 g/mol. The minimum atomic E-state index is -2.52. The summed E-state index contributed by atoms with van der Waals surface area (Å²) in [6.07, 6.45) is -2.22. The van der Waals surface area contributed by atoms with Gasteiger partial charge in [0, 0.05) is 37.0 Å². The third kappa shape index (κ3) is 17.2. The summed E-state index contributed by atoms with van der Waals surface area (Å²) in [5.41, 5.74) is -5.79. The molecule has 670 valence electrons. The maximum Gasteiger partial charge on any atom is 0.279 e. The van der Waals surface area contributed by atoms with E-state index in [0.29, 0.717) is 17.3 Å². The van der Waals surface area contributed by atoms with Crippen LogP contribution in [0.5, 0.6) is 0 Å². The molecule has 0 aliphatic carbocycles. The van der Waals surface area contributed by atoms with Crippen LogP contribution in [0.2, 0.25) is 0 Å². The van der Waals surface area contributed by atoms with E-state index in [0.717, 1.165) is 26.8 Å². The smallest absolute Gasteiger partial charge is 0.279 e. The fourth-order valence-corrected chi connectivity index (χ4v) is 14.5. The van der Waals surface area contributed by atoms with E-state index < -0.39 is 207 Å². The average molecular weight is 1760 g/mol. The van der Waals surface area contributed by atoms with E-state index in [1.54, 1.807) is 20.8 Å². The van der Waals surface area contributed by atoms with E-state index in [1.165, 1.54) is 89.7 Å². The Hall–Kier alpha value is -10.6. The molecule has 14 heterocycles. The number of nitrogens with two attached hydrogens (primary N) is 2. The molecule has 10 aliphatic heterocycles. The van der Waals surface area contributed by atoms with Crippen LogP contribution in [0.3, 0.4) is 0 Å². The van der Waals surface area contributed by atoms with E-state index in [4.69, 9.17) is 73.4 Å². The number of aryl methyl sites for hydroxylation is 2. The Morgan fingerprint density at radius 2 is 1.01 bits per heavy atom. The van der Waals surface area contributed by atoms with Crippen molar-refractivity contribution in [3.05, 3.63) is 144 Å². The molecule has 6 saturated heterocycles. The Labute approximate surface area is 697 Å². The third-order valence-corrected chi connectivity index (χ3v) is 21.6. The lowest BCUT2D eigenvalue weighted by Crippen LogP contribution is -2.56. The van der Waals surface area contributed by atoms with E-state index in [9.17, 15) is 113 Å². The van der Waals surface area contributed by atoms with Gasteiger partial charge in [-0.3, -0.25) is 28.3 Å². The molecular formula is C72H91ClF4N20O26. The van der Waals surface area contributed by atoms with Gasteiger partial charge in [0.2, 0.25) is 16.9 Å². The number of nitriles is 2. The van der Waals surface area contributed by atoms with Crippen LogP contribution in [-0.2, 0) is 43.7 Å². The van der Waals surface area contributed by atoms with Gasteiger partial charge >= 0.3 is 0 Å². The number of carbonyl (C=O) groups is 2. The number of ether oxygens (including phenoxy) is 6. The first kappa shape index (κ1) is 96.2. The van der Waals surface area contributed by atoms with Crippen LogP contribution in [0.25, 0.3) is 22.3 Å². The number of amides is 2. The van der Waals surface area contributed by atoms with Crippen LogP contribution in [0.15, 0.2) is 131 Å². The van der Waals surface area contributed by atoms with Crippen LogP contribution in [0, 0.1) is 48.9 Å². The number of hydrogen-bond donors (Lipinski definition) is 22. The lowest BCUT2D eigenvalue weighted by Gasteiger charge is -2.37. The number of aliphatic hydroxyl groups excluding tert-OH is 12. The van der Waals surface area contributed by atoms with E-state index >= 15 is 0 Å². The molecule has 10 aliphatic rings. The van der Waals surface area contributed by atoms with Gasteiger partial charge in [-0.1, -0.05) is 26.3 Å². The Morgan fingerprint density at radius 3 is 1.41 bits per heavy atom. The van der Waals surface area contributed by atoms with Crippen molar-refractivity contribution in [3.63, 3.8) is 0 Å². The maximum absolute atomic E-state index is 14.6. The summed E-state index contributed by atoms with van der Waals surface area (Å²) < 4.78 is 89.0. The SMILES string of the molecule is C#C[C@@]1(n2cnc3c(=O)[nH]c(C)nc32)O[C@H](CO)[C@@H](O)[C@H]1F.C=C1N=C(N)C=CN1[C@@H]1O[C@@](CO)(CF)[C@@H](O)[C@]1(O)C#N.C=C1N=C(N)C=CN1[C@@H]1O[C@H](CO)[C@@H](O)[C@]1(O)CF.C=C1NC(=O)C=CN1[C@@H]1O[C@@](CO)(CF)[C@@H](O)[C@]1(O)C#N.C=C1NC(=O)C=CN1[C@@H]1O[C@](C)(CO)[C@@H](O)[C@@]1(C)O.Cc1nc2c(ncn2[C@@H]2O[C@H](CO)[C@@H](O)[C@@]2(C)Cl)c(=O)[nH]1. The Morgan fingerprint density at radius 1 is 0.577 bits per heavy atom. The van der Waals surface area contributed by atoms with Crippen molar-refractivity contribution in [2.24, 2.45) is 21.5 Å². The van der Waals surface area contributed by atoms with Gasteiger partial charge in [0.25, 0.3) is 22.9 Å². The standard InChI is InChI=1S/C13H13FN4O4.C12H15ClN4O4.C12H15FN4O4.C12H14FN3O5.C12H18N2O5.C11H16FN3O4/c1-3-13(10(14)9(20)7(4-19)22-13)18-5-15-8-11(18)16-6(2)17-12(8)21;1-5-15-9-7(10(20)16-5)14-4-17(9)11-12(2,13)8(19)6(3-18)21-11;1-7-16-8(15)2-3-17(7)10-12(20,5-14)9(19)11(4-13,6-18)21-10;1-7-15-8(18)2-3-16(7)10-12(20,5-14)9(19)11(4-13,6-17)21-10;1-7-13-8(16)4-5-14(7)10-12(3,18)9(17)11(2,6-15)19-10;1-6-14-8(13)2-3-15(6)10-11(18,5-12)9(17)7(4-16)19-10/h1,5,7,9-10,19-20H,4H2,2H3,(H,16,17,21);4,6,8,11,18-19H,3H2,1-2H3,(H,15,16,20);2-3,9-10,18-20H,1,4,6H2,(H2,15,16);2-3,9-10,17,19-20H,1,4,6H2,(H,15,18);4-5,9-10,15,17-18H,1,6H2,2-3H3,(H,13,16);2-3,7,9-10,16-18H,1,4-5H2,(H2,13,14)/t7-,9-,10-,13-;6-,8-,11-,12-;3*9-,10-,11-,12-;7-,9-,10-,11-/m111111/s1. The minimum Gasteiger partial charge on any atom is -0.394 e. The Bertz CT molecular complexity index is 5140. The lowest BCUT2D eigenvalue weighted by atomic mass is 9.88. The summed E-state index contributed by atoms with van der Waals surface area (Å²) in [5.74, 6) is 2.81. The average Bonchev–Trinajstić information content (AvgIpc) is 1.54. The van der Waals surface area contributed by atoms with Crippen LogP contribution in [-0.4, -0.2) is 354 Å². The summed E-state index contributed by atoms with van der Waals surface area (Å²) in [6.45, 7) is 14.4. The zero-order valence-electron chi connectivity index (χ0n) is 65.7. The summed E-state index contributed by atoms with van der Waals surface area (Å²) >= 11 is 6.38. The number of aromatic amines is 2. The van der Waals surface area contributed by atoms with Crippen LogP contribution in [0.4, 0.5) is 17.6 Å². The van der Waals surface area contributed by atoms with Gasteiger partial charge < -0.3 is 162 Å². The van der Waals surface area contributed by atoms with Gasteiger partial charge in [-0.2, -0.15) is 10.5 Å². The second-order valence-corrected chi connectivity index (χ2v) is 30.5. The van der Waals surface area contributed by atoms with E-state index in [1.807, 2.05) is 0 Å². The normalized spacial score (nSPS) is 37.2. The lowest BCUT2D eigenvalue weighted by molar-refractivity contribution is -0.147. The highest BCUT2D eigenvalue weighted by molar-refractivity contribution is 6.24. The topological polar surface area (TPSA) is 702 Å². The molecule has 14 rings (SSSR count). The molecule has 0 bridgehead atoms. The summed E-state index contributed by atoms with van der Waals surface area (Å²) in [5, 5.41) is 180. The van der Waals surface area contributed by atoms with Crippen LogP contribution >= 0.6 is 11.6 Å². The van der Waals surface area contributed by atoms with Crippen molar-refractivity contribution in [3.8, 4) is 24.5 Å². The number of H-pyrrole nitrogens is 2.